The van der Waals surface area contributed by atoms with Gasteiger partial charge in [-0.3, -0.25) is 9.59 Å². The third-order valence-electron chi connectivity index (χ3n) is 4.05. The molecule has 0 bridgehead atoms. The van der Waals surface area contributed by atoms with E-state index in [0.717, 1.165) is 11.1 Å². The number of hydrogen-bond donors (Lipinski definition) is 3. The van der Waals surface area contributed by atoms with Gasteiger partial charge in [0.25, 0.3) is 11.5 Å². The second kappa shape index (κ2) is 8.27. The van der Waals surface area contributed by atoms with E-state index in [0.29, 0.717) is 12.1 Å². The van der Waals surface area contributed by atoms with E-state index in [-0.39, 0.29) is 12.1 Å². The first-order chi connectivity index (χ1) is 12.6. The average molecular weight is 348 g/mol. The number of H-pyrrole nitrogens is 1. The normalized spacial score (nSPS) is 11.7. The van der Waals surface area contributed by atoms with Crippen molar-refractivity contribution in [2.24, 2.45) is 0 Å². The van der Waals surface area contributed by atoms with Crippen molar-refractivity contribution in [1.82, 2.24) is 10.3 Å². The van der Waals surface area contributed by atoms with Crippen molar-refractivity contribution in [3.8, 4) is 11.3 Å². The molecule has 26 heavy (non-hydrogen) atoms. The molecule has 0 aliphatic carbocycles. The second-order valence-corrected chi connectivity index (χ2v) is 6.03. The van der Waals surface area contributed by atoms with Crippen LogP contribution in [0.25, 0.3) is 11.3 Å². The van der Waals surface area contributed by atoms with Crippen LogP contribution < -0.4 is 10.9 Å². The summed E-state index contributed by atoms with van der Waals surface area (Å²) >= 11 is 0. The van der Waals surface area contributed by atoms with Crippen molar-refractivity contribution in [2.75, 3.05) is 6.54 Å². The standard InChI is InChI=1S/C21H20N2O3/c24-17(13-15-7-3-1-4-8-15)14-22-20(25)18-11-12-19(23-21(18)26)16-9-5-2-6-10-16/h1-12,17,24H,13-14H2,(H,22,25)(H,23,26). The molecule has 1 aromatic heterocycles. The van der Waals surface area contributed by atoms with Crippen molar-refractivity contribution in [3.05, 3.63) is 94.3 Å². The van der Waals surface area contributed by atoms with Crippen molar-refractivity contribution < 1.29 is 9.90 Å². The Morgan fingerprint density at radius 2 is 1.62 bits per heavy atom. The average Bonchev–Trinajstić information content (AvgIpc) is 2.67. The summed E-state index contributed by atoms with van der Waals surface area (Å²) in [4.78, 5) is 27.2. The molecule has 1 atom stereocenters. The Morgan fingerprint density at radius 1 is 0.962 bits per heavy atom. The molecule has 3 N–H and O–H groups in total. The Balaban J connectivity index is 1.62. The van der Waals surface area contributed by atoms with Crippen LogP contribution in [-0.2, 0) is 6.42 Å². The molecule has 0 fully saturated rings. The minimum atomic E-state index is -0.718. The van der Waals surface area contributed by atoms with Gasteiger partial charge >= 0.3 is 0 Å². The van der Waals surface area contributed by atoms with E-state index in [9.17, 15) is 14.7 Å². The summed E-state index contributed by atoms with van der Waals surface area (Å²) in [6.07, 6.45) is -0.284. The molecule has 0 saturated carbocycles. The lowest BCUT2D eigenvalue weighted by atomic mass is 10.1. The molecule has 1 unspecified atom stereocenters. The second-order valence-electron chi connectivity index (χ2n) is 6.03. The minimum Gasteiger partial charge on any atom is -0.391 e. The van der Waals surface area contributed by atoms with E-state index in [1.165, 1.54) is 6.07 Å². The highest BCUT2D eigenvalue weighted by Gasteiger charge is 2.13. The van der Waals surface area contributed by atoms with Gasteiger partial charge in [-0.15, -0.1) is 0 Å². The van der Waals surface area contributed by atoms with Crippen LogP contribution in [0.5, 0.6) is 0 Å². The monoisotopic (exact) mass is 348 g/mol. The number of nitrogens with one attached hydrogen (secondary N) is 2. The summed E-state index contributed by atoms with van der Waals surface area (Å²) in [6.45, 7) is 0.0770. The predicted octanol–water partition coefficient (Wildman–Crippen LogP) is 2.38. The molecular weight excluding hydrogens is 328 g/mol. The fourth-order valence-corrected chi connectivity index (χ4v) is 2.70. The number of aliphatic hydroxyl groups excluding tert-OH is 1. The first kappa shape index (κ1) is 17.6. The van der Waals surface area contributed by atoms with Crippen LogP contribution in [0.4, 0.5) is 0 Å². The van der Waals surface area contributed by atoms with Crippen molar-refractivity contribution in [2.45, 2.75) is 12.5 Å². The quantitative estimate of drug-likeness (QED) is 0.640. The Labute approximate surface area is 151 Å². The summed E-state index contributed by atoms with van der Waals surface area (Å²) in [5, 5.41) is 12.7. The predicted molar refractivity (Wildman–Crippen MR) is 101 cm³/mol. The molecule has 0 aliphatic heterocycles. The zero-order chi connectivity index (χ0) is 18.4. The van der Waals surface area contributed by atoms with Crippen molar-refractivity contribution in [3.63, 3.8) is 0 Å². The summed E-state index contributed by atoms with van der Waals surface area (Å²) in [7, 11) is 0. The maximum absolute atomic E-state index is 12.2. The molecule has 5 heteroatoms. The summed E-state index contributed by atoms with van der Waals surface area (Å²) in [5.41, 5.74) is 2.07. The van der Waals surface area contributed by atoms with E-state index >= 15 is 0 Å². The number of carbonyl (C=O) groups excluding carboxylic acids is 1. The topological polar surface area (TPSA) is 82.2 Å². The first-order valence-electron chi connectivity index (χ1n) is 8.42. The number of benzene rings is 2. The molecule has 132 valence electrons. The fraction of sp³-hybridized carbons (Fsp3) is 0.143. The van der Waals surface area contributed by atoms with Crippen LogP contribution in [0.15, 0.2) is 77.6 Å². The van der Waals surface area contributed by atoms with Gasteiger partial charge < -0.3 is 15.4 Å². The maximum Gasteiger partial charge on any atom is 0.261 e. The van der Waals surface area contributed by atoms with Gasteiger partial charge in [0.1, 0.15) is 5.56 Å². The van der Waals surface area contributed by atoms with Crippen LogP contribution in [0.1, 0.15) is 15.9 Å². The Kier molecular flexibility index (Phi) is 5.61. The number of rotatable bonds is 6. The number of aromatic amines is 1. The number of aliphatic hydroxyl groups is 1. The van der Waals surface area contributed by atoms with Gasteiger partial charge in [0.15, 0.2) is 0 Å². The molecule has 0 spiro atoms. The van der Waals surface area contributed by atoms with Gasteiger partial charge in [-0.25, -0.2) is 0 Å². The minimum absolute atomic E-state index is 0.0246. The third kappa shape index (κ3) is 4.46. The number of amides is 1. The van der Waals surface area contributed by atoms with E-state index in [1.807, 2.05) is 60.7 Å². The molecule has 1 heterocycles. The molecule has 3 aromatic rings. The number of carbonyl (C=O) groups is 1. The third-order valence-corrected chi connectivity index (χ3v) is 4.05. The van der Waals surface area contributed by atoms with Gasteiger partial charge in [-0.05, 0) is 23.3 Å². The Bertz CT molecular complexity index is 921. The van der Waals surface area contributed by atoms with E-state index in [1.54, 1.807) is 6.07 Å². The van der Waals surface area contributed by atoms with Gasteiger partial charge in [0.05, 0.1) is 6.10 Å². The summed E-state index contributed by atoms with van der Waals surface area (Å²) < 4.78 is 0. The highest BCUT2D eigenvalue weighted by molar-refractivity contribution is 5.94. The largest absolute Gasteiger partial charge is 0.391 e. The van der Waals surface area contributed by atoms with Gasteiger partial charge in [-0.1, -0.05) is 60.7 Å². The zero-order valence-electron chi connectivity index (χ0n) is 14.2. The Morgan fingerprint density at radius 3 is 2.27 bits per heavy atom. The lowest BCUT2D eigenvalue weighted by Crippen LogP contribution is -2.36. The van der Waals surface area contributed by atoms with Crippen LogP contribution in [0.3, 0.4) is 0 Å². The van der Waals surface area contributed by atoms with E-state index in [2.05, 4.69) is 10.3 Å². The molecule has 2 aromatic carbocycles. The molecule has 5 nitrogen and oxygen atoms in total. The molecule has 0 radical (unpaired) electrons. The van der Waals surface area contributed by atoms with Crippen LogP contribution in [0, 0.1) is 0 Å². The van der Waals surface area contributed by atoms with Crippen LogP contribution >= 0.6 is 0 Å². The van der Waals surface area contributed by atoms with Crippen LogP contribution in [-0.4, -0.2) is 28.6 Å². The molecule has 0 saturated heterocycles. The number of hydrogen-bond acceptors (Lipinski definition) is 3. The SMILES string of the molecule is O=C(NCC(O)Cc1ccccc1)c1ccc(-c2ccccc2)[nH]c1=O. The lowest BCUT2D eigenvalue weighted by Gasteiger charge is -2.12. The zero-order valence-corrected chi connectivity index (χ0v) is 14.2. The highest BCUT2D eigenvalue weighted by atomic mass is 16.3. The number of aromatic nitrogens is 1. The van der Waals surface area contributed by atoms with E-state index in [4.69, 9.17) is 0 Å². The maximum atomic E-state index is 12.2. The summed E-state index contributed by atoms with van der Waals surface area (Å²) in [6, 6.07) is 22.1. The Hall–Kier alpha value is -3.18. The molecule has 0 aliphatic rings. The first-order valence-corrected chi connectivity index (χ1v) is 8.42. The molecule has 3 rings (SSSR count). The van der Waals surface area contributed by atoms with Crippen LogP contribution in [0.2, 0.25) is 0 Å². The smallest absolute Gasteiger partial charge is 0.261 e. The van der Waals surface area contributed by atoms with Gasteiger partial charge in [0, 0.05) is 18.7 Å². The lowest BCUT2D eigenvalue weighted by molar-refractivity contribution is 0.0914. The molecule has 1 amide bonds. The fourth-order valence-electron chi connectivity index (χ4n) is 2.70. The van der Waals surface area contributed by atoms with Crippen molar-refractivity contribution >= 4 is 5.91 Å². The van der Waals surface area contributed by atoms with Gasteiger partial charge in [0.2, 0.25) is 0 Å². The van der Waals surface area contributed by atoms with Gasteiger partial charge in [-0.2, -0.15) is 0 Å². The highest BCUT2D eigenvalue weighted by Crippen LogP contribution is 2.14. The van der Waals surface area contributed by atoms with Crippen molar-refractivity contribution in [1.29, 1.82) is 0 Å². The van der Waals surface area contributed by atoms with E-state index < -0.39 is 17.6 Å². The summed E-state index contributed by atoms with van der Waals surface area (Å²) in [5.74, 6) is -0.502. The number of pyridine rings is 1. The molecular formula is C21H20N2O3.